The number of likely N-dealkylation sites (tertiary alicyclic amines) is 1. The average Bonchev–Trinajstić information content (AvgIpc) is 2.96. The van der Waals surface area contributed by atoms with E-state index in [1.54, 1.807) is 4.90 Å². The first-order chi connectivity index (χ1) is 11.5. The molecule has 2 unspecified atom stereocenters. The van der Waals surface area contributed by atoms with Gasteiger partial charge >= 0.3 is 0 Å². The van der Waals surface area contributed by atoms with Gasteiger partial charge in [0.15, 0.2) is 0 Å². The molecule has 2 N–H and O–H groups in total. The van der Waals surface area contributed by atoms with Crippen LogP contribution in [0.5, 0.6) is 0 Å². The number of amides is 1. The van der Waals surface area contributed by atoms with Gasteiger partial charge in [0, 0.05) is 18.7 Å². The van der Waals surface area contributed by atoms with Crippen LogP contribution in [0.4, 0.5) is 4.39 Å². The summed E-state index contributed by atoms with van der Waals surface area (Å²) in [7, 11) is 0. The summed E-state index contributed by atoms with van der Waals surface area (Å²) in [5, 5.41) is 4.16. The molecule has 7 heteroatoms. The van der Waals surface area contributed by atoms with E-state index in [9.17, 15) is 14.0 Å². The molecule has 6 nitrogen and oxygen atoms in total. The largest absolute Gasteiger partial charge is 0.334 e. The zero-order valence-electron chi connectivity index (χ0n) is 13.4. The Labute approximate surface area is 138 Å². The minimum absolute atomic E-state index is 0.0825. The second kappa shape index (κ2) is 6.52. The molecule has 1 aliphatic rings. The van der Waals surface area contributed by atoms with Crippen molar-refractivity contribution >= 4 is 5.91 Å². The molecule has 0 aliphatic carbocycles. The van der Waals surface area contributed by atoms with Crippen LogP contribution < -0.4 is 11.3 Å². The van der Waals surface area contributed by atoms with Crippen molar-refractivity contribution in [3.63, 3.8) is 0 Å². The summed E-state index contributed by atoms with van der Waals surface area (Å²) in [6.45, 7) is 3.11. The van der Waals surface area contributed by atoms with Crippen LogP contribution in [0.1, 0.15) is 23.8 Å². The summed E-state index contributed by atoms with van der Waals surface area (Å²) >= 11 is 0. The lowest BCUT2D eigenvalue weighted by atomic mass is 10.1. The van der Waals surface area contributed by atoms with Crippen LogP contribution in [-0.2, 0) is 0 Å². The highest BCUT2D eigenvalue weighted by atomic mass is 19.1. The first-order valence-corrected chi connectivity index (χ1v) is 7.87. The van der Waals surface area contributed by atoms with Gasteiger partial charge in [0.1, 0.15) is 11.5 Å². The highest BCUT2D eigenvalue weighted by molar-refractivity contribution is 5.92. The summed E-state index contributed by atoms with van der Waals surface area (Å²) in [5.41, 5.74) is 5.91. The molecule has 24 heavy (non-hydrogen) atoms. The second-order valence-corrected chi connectivity index (χ2v) is 6.09. The third-order valence-corrected chi connectivity index (χ3v) is 4.35. The van der Waals surface area contributed by atoms with E-state index >= 15 is 0 Å². The van der Waals surface area contributed by atoms with E-state index in [2.05, 4.69) is 5.10 Å². The zero-order chi connectivity index (χ0) is 17.3. The summed E-state index contributed by atoms with van der Waals surface area (Å²) in [4.78, 5) is 26.5. The van der Waals surface area contributed by atoms with Crippen molar-refractivity contribution in [2.45, 2.75) is 19.4 Å². The molecule has 0 spiro atoms. The third-order valence-electron chi connectivity index (χ3n) is 4.35. The van der Waals surface area contributed by atoms with E-state index in [0.29, 0.717) is 18.8 Å². The Bertz CT molecular complexity index is 803. The molecule has 0 bridgehead atoms. The van der Waals surface area contributed by atoms with Crippen LogP contribution in [-0.4, -0.2) is 39.7 Å². The fraction of sp³-hybridized carbons (Fsp3) is 0.353. The Morgan fingerprint density at radius 2 is 2.00 bits per heavy atom. The van der Waals surface area contributed by atoms with Crippen LogP contribution in [0, 0.1) is 11.7 Å². The average molecular weight is 330 g/mol. The predicted octanol–water partition coefficient (Wildman–Crippen LogP) is 1.18. The number of halogens is 1. The molecule has 3 rings (SSSR count). The quantitative estimate of drug-likeness (QED) is 0.916. The molecular formula is C17H19FN4O2. The smallest absolute Gasteiger partial charge is 0.274 e. The van der Waals surface area contributed by atoms with Gasteiger partial charge in [-0.15, -0.1) is 0 Å². The van der Waals surface area contributed by atoms with E-state index in [1.807, 2.05) is 6.92 Å². The molecule has 1 aromatic heterocycles. The predicted molar refractivity (Wildman–Crippen MR) is 87.5 cm³/mol. The van der Waals surface area contributed by atoms with Crippen LogP contribution in [0.25, 0.3) is 5.69 Å². The number of hydrogen-bond donors (Lipinski definition) is 1. The van der Waals surface area contributed by atoms with E-state index < -0.39 is 5.82 Å². The van der Waals surface area contributed by atoms with Gasteiger partial charge in [0.2, 0.25) is 0 Å². The maximum Gasteiger partial charge on any atom is 0.274 e. The topological polar surface area (TPSA) is 81.2 Å². The highest BCUT2D eigenvalue weighted by Crippen LogP contribution is 2.23. The number of nitrogens with zero attached hydrogens (tertiary/aromatic N) is 3. The van der Waals surface area contributed by atoms with Gasteiger partial charge in [-0.1, -0.05) is 0 Å². The molecule has 1 saturated heterocycles. The van der Waals surface area contributed by atoms with Gasteiger partial charge in [-0.25, -0.2) is 4.39 Å². The first-order valence-electron chi connectivity index (χ1n) is 7.87. The third kappa shape index (κ3) is 3.07. The lowest BCUT2D eigenvalue weighted by Crippen LogP contribution is -2.36. The van der Waals surface area contributed by atoms with Gasteiger partial charge in [-0.05, 0) is 56.1 Å². The van der Waals surface area contributed by atoms with E-state index in [-0.39, 0.29) is 29.1 Å². The molecule has 1 aliphatic heterocycles. The molecule has 1 amide bonds. The second-order valence-electron chi connectivity index (χ2n) is 6.09. The van der Waals surface area contributed by atoms with Gasteiger partial charge < -0.3 is 10.6 Å². The van der Waals surface area contributed by atoms with E-state index in [1.165, 1.54) is 36.4 Å². The Morgan fingerprint density at radius 3 is 2.62 bits per heavy atom. The maximum absolute atomic E-state index is 13.0. The molecule has 2 aromatic rings. The Balaban J connectivity index is 1.92. The van der Waals surface area contributed by atoms with Gasteiger partial charge in [0.25, 0.3) is 11.5 Å². The standard InChI is InChI=1S/C17H19FN4O2/c1-11-8-12(9-19)10-21(11)17(24)15-6-7-16(23)22(20-15)14-4-2-13(18)3-5-14/h2-7,11-12H,8-10,19H2,1H3. The lowest BCUT2D eigenvalue weighted by Gasteiger charge is -2.21. The van der Waals surface area contributed by atoms with Crippen molar-refractivity contribution in [2.75, 3.05) is 13.1 Å². The Hall–Kier alpha value is -2.54. The molecule has 0 radical (unpaired) electrons. The highest BCUT2D eigenvalue weighted by Gasteiger charge is 2.32. The Kier molecular flexibility index (Phi) is 4.44. The molecule has 1 aromatic carbocycles. The summed E-state index contributed by atoms with van der Waals surface area (Å²) in [6, 6.07) is 8.18. The fourth-order valence-corrected chi connectivity index (χ4v) is 3.04. The number of aromatic nitrogens is 2. The van der Waals surface area contributed by atoms with Crippen LogP contribution in [0.3, 0.4) is 0 Å². The molecule has 2 heterocycles. The molecule has 126 valence electrons. The molecule has 2 atom stereocenters. The van der Waals surface area contributed by atoms with Gasteiger partial charge in [0.05, 0.1) is 5.69 Å². The van der Waals surface area contributed by atoms with Crippen LogP contribution >= 0.6 is 0 Å². The van der Waals surface area contributed by atoms with Crippen molar-refractivity contribution in [1.29, 1.82) is 0 Å². The summed E-state index contributed by atoms with van der Waals surface area (Å²) in [6.07, 6.45) is 0.861. The van der Waals surface area contributed by atoms with Crippen molar-refractivity contribution in [3.8, 4) is 5.69 Å². The van der Waals surface area contributed by atoms with E-state index in [4.69, 9.17) is 5.73 Å². The van der Waals surface area contributed by atoms with Crippen molar-refractivity contribution < 1.29 is 9.18 Å². The lowest BCUT2D eigenvalue weighted by molar-refractivity contribution is 0.0735. The number of carbonyl (C=O) groups excluding carboxylic acids is 1. The van der Waals surface area contributed by atoms with Crippen LogP contribution in [0.2, 0.25) is 0 Å². The van der Waals surface area contributed by atoms with E-state index in [0.717, 1.165) is 11.1 Å². The first kappa shape index (κ1) is 16.3. The van der Waals surface area contributed by atoms with Crippen molar-refractivity contribution in [1.82, 2.24) is 14.7 Å². The maximum atomic E-state index is 13.0. The van der Waals surface area contributed by atoms with Crippen molar-refractivity contribution in [3.05, 3.63) is 58.3 Å². The summed E-state index contributed by atoms with van der Waals surface area (Å²) in [5.74, 6) is -0.348. The van der Waals surface area contributed by atoms with Crippen LogP contribution in [0.15, 0.2) is 41.2 Å². The van der Waals surface area contributed by atoms with Crippen molar-refractivity contribution in [2.24, 2.45) is 11.7 Å². The van der Waals surface area contributed by atoms with Gasteiger partial charge in [-0.2, -0.15) is 9.78 Å². The van der Waals surface area contributed by atoms with Gasteiger partial charge in [-0.3, -0.25) is 9.59 Å². The number of hydrogen-bond acceptors (Lipinski definition) is 4. The monoisotopic (exact) mass is 330 g/mol. The number of benzene rings is 1. The SMILES string of the molecule is CC1CC(CN)CN1C(=O)c1ccc(=O)n(-c2ccc(F)cc2)n1. The molecular weight excluding hydrogens is 311 g/mol. The number of nitrogens with two attached hydrogens (primary N) is 1. The molecule has 0 saturated carbocycles. The fourth-order valence-electron chi connectivity index (χ4n) is 3.04. The summed E-state index contributed by atoms with van der Waals surface area (Å²) < 4.78 is 14.2. The number of rotatable bonds is 3. The zero-order valence-corrected chi connectivity index (χ0v) is 13.4. The Morgan fingerprint density at radius 1 is 1.29 bits per heavy atom. The minimum Gasteiger partial charge on any atom is -0.334 e. The normalized spacial score (nSPS) is 20.4. The number of carbonyl (C=O) groups is 1. The minimum atomic E-state index is -0.405. The molecule has 1 fully saturated rings.